The van der Waals surface area contributed by atoms with E-state index in [-0.39, 0.29) is 11.9 Å². The molecule has 1 aliphatic rings. The Labute approximate surface area is 97.5 Å². The Morgan fingerprint density at radius 3 is 2.62 bits per heavy atom. The quantitative estimate of drug-likeness (QED) is 0.397. The molecule has 92 valence electrons. The minimum absolute atomic E-state index is 0.177. The van der Waals surface area contributed by atoms with E-state index >= 15 is 0 Å². The fraction of sp³-hybridized carbons (Fsp3) is 0.846. The molecule has 0 spiro atoms. The number of aldehydes is 1. The number of hydrogen-bond donors (Lipinski definition) is 0. The number of esters is 1. The lowest BCUT2D eigenvalue weighted by molar-refractivity contribution is -0.141. The van der Waals surface area contributed by atoms with Crippen molar-refractivity contribution < 1.29 is 14.3 Å². The van der Waals surface area contributed by atoms with E-state index in [2.05, 4.69) is 0 Å². The van der Waals surface area contributed by atoms with E-state index in [1.54, 1.807) is 0 Å². The maximum absolute atomic E-state index is 11.0. The van der Waals surface area contributed by atoms with Crippen LogP contribution in [0.1, 0.15) is 51.9 Å². The summed E-state index contributed by atoms with van der Waals surface area (Å²) in [6.07, 6.45) is 8.99. The standard InChI is InChI=1S/C13H22O3/c1-11(15)16-9-5-8-13(10-14)12-6-3-2-4-7-12/h10,12-13H,2-9H2,1H3. The second-order valence-electron chi connectivity index (χ2n) is 4.68. The molecule has 3 nitrogen and oxygen atoms in total. The molecule has 1 saturated carbocycles. The zero-order valence-corrected chi connectivity index (χ0v) is 10.1. The van der Waals surface area contributed by atoms with Crippen LogP contribution in [0.15, 0.2) is 0 Å². The molecule has 0 heterocycles. The van der Waals surface area contributed by atoms with Gasteiger partial charge in [-0.1, -0.05) is 19.3 Å². The fourth-order valence-electron chi connectivity index (χ4n) is 2.51. The zero-order chi connectivity index (χ0) is 11.8. The third-order valence-electron chi connectivity index (χ3n) is 3.42. The predicted molar refractivity (Wildman–Crippen MR) is 62.0 cm³/mol. The summed E-state index contributed by atoms with van der Waals surface area (Å²) in [5.74, 6) is 0.514. The van der Waals surface area contributed by atoms with E-state index in [4.69, 9.17) is 4.74 Å². The van der Waals surface area contributed by atoms with Crippen LogP contribution in [0, 0.1) is 11.8 Å². The highest BCUT2D eigenvalue weighted by atomic mass is 16.5. The summed E-state index contributed by atoms with van der Waals surface area (Å²) in [5.41, 5.74) is 0. The summed E-state index contributed by atoms with van der Waals surface area (Å²) in [6.45, 7) is 1.87. The average Bonchev–Trinajstić information content (AvgIpc) is 2.30. The van der Waals surface area contributed by atoms with E-state index in [9.17, 15) is 9.59 Å². The van der Waals surface area contributed by atoms with Crippen molar-refractivity contribution in [1.29, 1.82) is 0 Å². The van der Waals surface area contributed by atoms with Gasteiger partial charge in [-0.25, -0.2) is 0 Å². The third-order valence-corrected chi connectivity index (χ3v) is 3.42. The lowest BCUT2D eigenvalue weighted by Crippen LogP contribution is -2.19. The van der Waals surface area contributed by atoms with Gasteiger partial charge < -0.3 is 9.53 Å². The van der Waals surface area contributed by atoms with Crippen LogP contribution in [0.4, 0.5) is 0 Å². The summed E-state index contributed by atoms with van der Waals surface area (Å²) in [5, 5.41) is 0. The van der Waals surface area contributed by atoms with Gasteiger partial charge in [0, 0.05) is 12.8 Å². The van der Waals surface area contributed by atoms with Crippen LogP contribution in [-0.4, -0.2) is 18.9 Å². The van der Waals surface area contributed by atoms with Crippen molar-refractivity contribution in [2.75, 3.05) is 6.61 Å². The number of hydrogen-bond acceptors (Lipinski definition) is 3. The Bertz CT molecular complexity index is 219. The topological polar surface area (TPSA) is 43.4 Å². The van der Waals surface area contributed by atoms with Crippen LogP contribution < -0.4 is 0 Å². The van der Waals surface area contributed by atoms with Crippen LogP contribution in [0.25, 0.3) is 0 Å². The molecule has 0 aromatic carbocycles. The lowest BCUT2D eigenvalue weighted by Gasteiger charge is -2.26. The summed E-state index contributed by atoms with van der Waals surface area (Å²) >= 11 is 0. The molecule has 0 aliphatic heterocycles. The highest BCUT2D eigenvalue weighted by Gasteiger charge is 2.22. The smallest absolute Gasteiger partial charge is 0.302 e. The second-order valence-corrected chi connectivity index (χ2v) is 4.68. The number of carbonyl (C=O) groups excluding carboxylic acids is 2. The van der Waals surface area contributed by atoms with Gasteiger partial charge in [0.25, 0.3) is 0 Å². The van der Waals surface area contributed by atoms with Crippen molar-refractivity contribution in [3.05, 3.63) is 0 Å². The van der Waals surface area contributed by atoms with Crippen molar-refractivity contribution in [2.24, 2.45) is 11.8 Å². The fourth-order valence-corrected chi connectivity index (χ4v) is 2.51. The van der Waals surface area contributed by atoms with E-state index in [0.29, 0.717) is 12.5 Å². The summed E-state index contributed by atoms with van der Waals surface area (Å²) in [4.78, 5) is 21.6. The van der Waals surface area contributed by atoms with Crippen LogP contribution in [-0.2, 0) is 14.3 Å². The first-order valence-electron chi connectivity index (χ1n) is 6.32. The van der Waals surface area contributed by atoms with Crippen molar-refractivity contribution in [3.63, 3.8) is 0 Å². The summed E-state index contributed by atoms with van der Waals surface area (Å²) in [7, 11) is 0. The minimum Gasteiger partial charge on any atom is -0.466 e. The van der Waals surface area contributed by atoms with Crippen molar-refractivity contribution in [3.8, 4) is 0 Å². The van der Waals surface area contributed by atoms with Crippen molar-refractivity contribution in [1.82, 2.24) is 0 Å². The Balaban J connectivity index is 2.20. The molecule has 0 saturated heterocycles. The summed E-state index contributed by atoms with van der Waals surface area (Å²) < 4.78 is 4.87. The van der Waals surface area contributed by atoms with Crippen molar-refractivity contribution >= 4 is 12.3 Å². The van der Waals surface area contributed by atoms with Gasteiger partial charge in [-0.3, -0.25) is 4.79 Å². The first-order valence-corrected chi connectivity index (χ1v) is 6.32. The van der Waals surface area contributed by atoms with E-state index in [1.165, 1.54) is 39.0 Å². The number of carbonyl (C=O) groups is 2. The van der Waals surface area contributed by atoms with E-state index in [0.717, 1.165) is 19.1 Å². The molecule has 1 fully saturated rings. The lowest BCUT2D eigenvalue weighted by atomic mass is 9.79. The first kappa shape index (κ1) is 13.2. The summed E-state index contributed by atoms with van der Waals surface area (Å²) in [6, 6.07) is 0. The molecule has 0 amide bonds. The predicted octanol–water partition coefficient (Wildman–Crippen LogP) is 2.73. The normalized spacial score (nSPS) is 19.1. The monoisotopic (exact) mass is 226 g/mol. The number of ether oxygens (including phenoxy) is 1. The van der Waals surface area contributed by atoms with E-state index in [1.807, 2.05) is 0 Å². The SMILES string of the molecule is CC(=O)OCCCC(C=O)C1CCCCC1. The van der Waals surface area contributed by atoms with Gasteiger partial charge in [0.1, 0.15) is 6.29 Å². The molecular weight excluding hydrogens is 204 g/mol. The molecule has 0 aromatic heterocycles. The minimum atomic E-state index is -0.236. The van der Waals surface area contributed by atoms with Gasteiger partial charge >= 0.3 is 5.97 Å². The van der Waals surface area contributed by atoms with E-state index < -0.39 is 0 Å². The molecule has 1 atom stereocenters. The van der Waals surface area contributed by atoms with Crippen LogP contribution in [0.3, 0.4) is 0 Å². The van der Waals surface area contributed by atoms with Gasteiger partial charge in [0.05, 0.1) is 6.61 Å². The van der Waals surface area contributed by atoms with Gasteiger partial charge in [0.15, 0.2) is 0 Å². The Kier molecular flexibility index (Phi) is 6.12. The molecule has 0 N–H and O–H groups in total. The highest BCUT2D eigenvalue weighted by molar-refractivity contribution is 5.65. The van der Waals surface area contributed by atoms with Crippen LogP contribution >= 0.6 is 0 Å². The largest absolute Gasteiger partial charge is 0.466 e. The molecule has 1 aliphatic carbocycles. The molecule has 0 bridgehead atoms. The molecule has 16 heavy (non-hydrogen) atoms. The van der Waals surface area contributed by atoms with Crippen molar-refractivity contribution in [2.45, 2.75) is 51.9 Å². The molecule has 3 heteroatoms. The Hall–Kier alpha value is -0.860. The van der Waals surface area contributed by atoms with Gasteiger partial charge in [-0.15, -0.1) is 0 Å². The molecule has 0 radical (unpaired) electrons. The first-order chi connectivity index (χ1) is 7.74. The van der Waals surface area contributed by atoms with Gasteiger partial charge in [0.2, 0.25) is 0 Å². The third kappa shape index (κ3) is 4.77. The van der Waals surface area contributed by atoms with Gasteiger partial charge in [-0.2, -0.15) is 0 Å². The highest BCUT2D eigenvalue weighted by Crippen LogP contribution is 2.31. The molecule has 0 aromatic rings. The Morgan fingerprint density at radius 1 is 1.38 bits per heavy atom. The molecule has 1 unspecified atom stereocenters. The van der Waals surface area contributed by atoms with Crippen LogP contribution in [0.2, 0.25) is 0 Å². The maximum atomic E-state index is 11.0. The molecule has 1 rings (SSSR count). The van der Waals surface area contributed by atoms with Gasteiger partial charge in [-0.05, 0) is 31.6 Å². The number of rotatable bonds is 6. The van der Waals surface area contributed by atoms with Crippen LogP contribution in [0.5, 0.6) is 0 Å². The average molecular weight is 226 g/mol. The second kappa shape index (κ2) is 7.42. The molecular formula is C13H22O3. The zero-order valence-electron chi connectivity index (χ0n) is 10.1. The maximum Gasteiger partial charge on any atom is 0.302 e. The Morgan fingerprint density at radius 2 is 2.06 bits per heavy atom.